The normalized spacial score (nSPS) is 14.7. The summed E-state index contributed by atoms with van der Waals surface area (Å²) in [7, 11) is 1.93. The van der Waals surface area contributed by atoms with Crippen molar-refractivity contribution in [2.75, 3.05) is 5.75 Å². The molecule has 138 valence electrons. The summed E-state index contributed by atoms with van der Waals surface area (Å²) in [6.45, 7) is 0. The van der Waals surface area contributed by atoms with Crippen LogP contribution >= 0.6 is 11.8 Å². The molecule has 1 fully saturated rings. The molecule has 0 bridgehead atoms. The van der Waals surface area contributed by atoms with Gasteiger partial charge in [0.2, 0.25) is 5.91 Å². The van der Waals surface area contributed by atoms with Gasteiger partial charge in [-0.05, 0) is 24.3 Å². The second-order valence-corrected chi connectivity index (χ2v) is 7.76. The lowest BCUT2D eigenvalue weighted by Gasteiger charge is -2.18. The Morgan fingerprint density at radius 3 is 2.44 bits per heavy atom. The highest BCUT2D eigenvalue weighted by Crippen LogP contribution is 2.41. The lowest BCUT2D eigenvalue weighted by Crippen LogP contribution is -2.31. The van der Waals surface area contributed by atoms with Crippen molar-refractivity contribution in [3.8, 4) is 11.4 Å². The predicted molar refractivity (Wildman–Crippen MR) is 107 cm³/mol. The van der Waals surface area contributed by atoms with E-state index >= 15 is 0 Å². The third-order valence-electron chi connectivity index (χ3n) is 4.77. The summed E-state index contributed by atoms with van der Waals surface area (Å²) < 4.78 is 1.93. The monoisotopic (exact) mass is 378 g/mol. The number of hydrogen-bond donors (Lipinski definition) is 1. The number of nitrogens with one attached hydrogen (secondary N) is 1. The first-order chi connectivity index (χ1) is 13.2. The van der Waals surface area contributed by atoms with E-state index < -0.39 is 0 Å². The topological polar surface area (TPSA) is 59.8 Å². The third-order valence-corrected chi connectivity index (χ3v) is 5.79. The van der Waals surface area contributed by atoms with Crippen molar-refractivity contribution in [1.82, 2.24) is 20.1 Å². The van der Waals surface area contributed by atoms with Crippen LogP contribution in [0.4, 0.5) is 0 Å². The maximum absolute atomic E-state index is 12.5. The molecule has 1 amide bonds. The summed E-state index contributed by atoms with van der Waals surface area (Å²) in [6, 6.07) is 20.3. The van der Waals surface area contributed by atoms with Crippen molar-refractivity contribution in [2.24, 2.45) is 13.0 Å². The van der Waals surface area contributed by atoms with Gasteiger partial charge in [0, 0.05) is 12.6 Å². The molecule has 5 nitrogen and oxygen atoms in total. The average Bonchev–Trinajstić information content (AvgIpc) is 3.48. The van der Waals surface area contributed by atoms with Crippen LogP contribution in [0.1, 0.15) is 24.4 Å². The summed E-state index contributed by atoms with van der Waals surface area (Å²) >= 11 is 1.42. The van der Waals surface area contributed by atoms with Gasteiger partial charge in [-0.25, -0.2) is 0 Å². The zero-order chi connectivity index (χ0) is 18.6. The van der Waals surface area contributed by atoms with E-state index in [1.807, 2.05) is 60.1 Å². The molecule has 1 aliphatic carbocycles. The SMILES string of the molecule is Cn1c(SCC(=O)NC(c2ccccc2)C2CC2)nnc1-c1ccccc1. The number of amides is 1. The molecule has 3 aromatic rings. The fourth-order valence-corrected chi connectivity index (χ4v) is 3.91. The minimum atomic E-state index is 0.0324. The molecule has 6 heteroatoms. The molecule has 27 heavy (non-hydrogen) atoms. The molecule has 1 saturated carbocycles. The lowest BCUT2D eigenvalue weighted by molar-refractivity contribution is -0.119. The number of hydrogen-bond acceptors (Lipinski definition) is 4. The molecular formula is C21H22N4OS. The first-order valence-electron chi connectivity index (χ1n) is 9.14. The molecule has 1 aliphatic rings. The van der Waals surface area contributed by atoms with Gasteiger partial charge in [-0.15, -0.1) is 10.2 Å². The number of carbonyl (C=O) groups is 1. The molecule has 1 atom stereocenters. The van der Waals surface area contributed by atoms with Crippen LogP contribution in [0.3, 0.4) is 0 Å². The Morgan fingerprint density at radius 2 is 1.78 bits per heavy atom. The summed E-state index contributed by atoms with van der Waals surface area (Å²) in [6.07, 6.45) is 2.35. The van der Waals surface area contributed by atoms with Gasteiger partial charge in [-0.3, -0.25) is 4.79 Å². The molecule has 0 spiro atoms. The van der Waals surface area contributed by atoms with Crippen molar-refractivity contribution < 1.29 is 4.79 Å². The van der Waals surface area contributed by atoms with Gasteiger partial charge in [0.1, 0.15) is 0 Å². The Kier molecular flexibility index (Phi) is 5.25. The zero-order valence-electron chi connectivity index (χ0n) is 15.2. The van der Waals surface area contributed by atoms with E-state index in [9.17, 15) is 4.79 Å². The van der Waals surface area contributed by atoms with Gasteiger partial charge in [0.25, 0.3) is 0 Å². The molecule has 0 saturated heterocycles. The Labute approximate surface area is 163 Å². The van der Waals surface area contributed by atoms with Crippen molar-refractivity contribution in [2.45, 2.75) is 24.0 Å². The van der Waals surface area contributed by atoms with Gasteiger partial charge in [-0.2, -0.15) is 0 Å². The highest BCUT2D eigenvalue weighted by molar-refractivity contribution is 7.99. The highest BCUT2D eigenvalue weighted by atomic mass is 32.2. The molecule has 4 rings (SSSR count). The fraction of sp³-hybridized carbons (Fsp3) is 0.286. The second kappa shape index (κ2) is 7.96. The van der Waals surface area contributed by atoms with Gasteiger partial charge >= 0.3 is 0 Å². The van der Waals surface area contributed by atoms with Crippen molar-refractivity contribution in [3.05, 3.63) is 66.2 Å². The van der Waals surface area contributed by atoms with Crippen LogP contribution in [-0.2, 0) is 11.8 Å². The smallest absolute Gasteiger partial charge is 0.230 e. The minimum absolute atomic E-state index is 0.0324. The van der Waals surface area contributed by atoms with E-state index in [1.54, 1.807) is 0 Å². The number of aromatic nitrogens is 3. The van der Waals surface area contributed by atoms with E-state index in [2.05, 4.69) is 27.6 Å². The summed E-state index contributed by atoms with van der Waals surface area (Å²) in [5.74, 6) is 1.72. The second-order valence-electron chi connectivity index (χ2n) is 6.81. The summed E-state index contributed by atoms with van der Waals surface area (Å²) in [5, 5.41) is 12.5. The van der Waals surface area contributed by atoms with Crippen LogP contribution in [0.5, 0.6) is 0 Å². The van der Waals surface area contributed by atoms with Crippen molar-refractivity contribution >= 4 is 17.7 Å². The quantitative estimate of drug-likeness (QED) is 0.635. The van der Waals surface area contributed by atoms with Gasteiger partial charge in [0.15, 0.2) is 11.0 Å². The molecule has 0 aliphatic heterocycles. The highest BCUT2D eigenvalue weighted by Gasteiger charge is 2.33. The zero-order valence-corrected chi connectivity index (χ0v) is 16.0. The molecule has 1 N–H and O–H groups in total. The number of carbonyl (C=O) groups excluding carboxylic acids is 1. The third kappa shape index (κ3) is 4.22. The van der Waals surface area contributed by atoms with E-state index in [1.165, 1.54) is 30.2 Å². The molecule has 0 radical (unpaired) electrons. The lowest BCUT2D eigenvalue weighted by atomic mass is 10.0. The Balaban J connectivity index is 1.39. The van der Waals surface area contributed by atoms with E-state index in [4.69, 9.17) is 0 Å². The van der Waals surface area contributed by atoms with Crippen LogP contribution in [-0.4, -0.2) is 26.4 Å². The Morgan fingerprint density at radius 1 is 1.11 bits per heavy atom. The number of nitrogens with zero attached hydrogens (tertiary/aromatic N) is 3. The maximum atomic E-state index is 12.5. The van der Waals surface area contributed by atoms with Crippen LogP contribution in [0.25, 0.3) is 11.4 Å². The summed E-state index contributed by atoms with van der Waals surface area (Å²) in [5.41, 5.74) is 2.20. The van der Waals surface area contributed by atoms with Gasteiger partial charge in [-0.1, -0.05) is 72.4 Å². The average molecular weight is 379 g/mol. The first kappa shape index (κ1) is 17.8. The minimum Gasteiger partial charge on any atom is -0.348 e. The van der Waals surface area contributed by atoms with E-state index in [0.29, 0.717) is 11.7 Å². The molecule has 1 unspecified atom stereocenters. The fourth-order valence-electron chi connectivity index (χ4n) is 3.19. The van der Waals surface area contributed by atoms with Crippen LogP contribution < -0.4 is 5.32 Å². The number of thioether (sulfide) groups is 1. The summed E-state index contributed by atoms with van der Waals surface area (Å²) in [4.78, 5) is 12.5. The number of benzene rings is 2. The van der Waals surface area contributed by atoms with Gasteiger partial charge in [0.05, 0.1) is 11.8 Å². The molecule has 2 aromatic carbocycles. The first-order valence-corrected chi connectivity index (χ1v) is 10.1. The number of rotatable bonds is 7. The molecule has 1 aromatic heterocycles. The van der Waals surface area contributed by atoms with E-state index in [-0.39, 0.29) is 11.9 Å². The molecular weight excluding hydrogens is 356 g/mol. The van der Waals surface area contributed by atoms with Crippen LogP contribution in [0.2, 0.25) is 0 Å². The van der Waals surface area contributed by atoms with Crippen molar-refractivity contribution in [1.29, 1.82) is 0 Å². The standard InChI is InChI=1S/C21H22N4OS/c1-25-20(17-10-6-3-7-11-17)23-24-21(25)27-14-18(26)22-19(16-12-13-16)15-8-4-2-5-9-15/h2-11,16,19H,12-14H2,1H3,(H,22,26). The van der Waals surface area contributed by atoms with Crippen LogP contribution in [0.15, 0.2) is 65.8 Å². The van der Waals surface area contributed by atoms with Crippen LogP contribution in [0, 0.1) is 5.92 Å². The Bertz CT molecular complexity index is 906. The molecule has 1 heterocycles. The van der Waals surface area contributed by atoms with Gasteiger partial charge < -0.3 is 9.88 Å². The van der Waals surface area contributed by atoms with Crippen molar-refractivity contribution in [3.63, 3.8) is 0 Å². The maximum Gasteiger partial charge on any atom is 0.230 e. The van der Waals surface area contributed by atoms with E-state index in [0.717, 1.165) is 16.5 Å². The predicted octanol–water partition coefficient (Wildman–Crippen LogP) is 3.84. The Hall–Kier alpha value is -2.60. The largest absolute Gasteiger partial charge is 0.348 e.